The van der Waals surface area contributed by atoms with Gasteiger partial charge in [-0.25, -0.2) is 14.2 Å². The average molecular weight is 490 g/mol. The number of fused-ring (bicyclic) bond motifs is 1. The van der Waals surface area contributed by atoms with Crippen molar-refractivity contribution in [3.8, 4) is 11.1 Å². The van der Waals surface area contributed by atoms with E-state index in [1.807, 2.05) is 46.9 Å². The van der Waals surface area contributed by atoms with E-state index in [0.29, 0.717) is 6.54 Å². The lowest BCUT2D eigenvalue weighted by atomic mass is 9.97. The van der Waals surface area contributed by atoms with E-state index in [1.165, 1.54) is 6.07 Å². The monoisotopic (exact) mass is 489 g/mol. The average Bonchev–Trinajstić information content (AvgIpc) is 2.78. The molecule has 184 valence electrons. The number of carbonyl (C=O) groups excluding carboxylic acids is 1. The molecule has 0 radical (unpaired) electrons. The number of hydrogen-bond donors (Lipinski definition) is 3. The van der Waals surface area contributed by atoms with Gasteiger partial charge in [-0.1, -0.05) is 0 Å². The number of halogens is 2. The van der Waals surface area contributed by atoms with Gasteiger partial charge in [0.15, 0.2) is 0 Å². The summed E-state index contributed by atoms with van der Waals surface area (Å²) in [6, 6.07) is 6.51. The molecule has 0 aliphatic heterocycles. The van der Waals surface area contributed by atoms with Crippen molar-refractivity contribution in [2.75, 3.05) is 31.3 Å². The van der Waals surface area contributed by atoms with Crippen LogP contribution in [0.2, 0.25) is 0 Å². The van der Waals surface area contributed by atoms with Gasteiger partial charge in [0.25, 0.3) is 0 Å². The number of pyridine rings is 2. The summed E-state index contributed by atoms with van der Waals surface area (Å²) in [6.45, 7) is 8.21. The molecule has 2 aromatic heterocycles. The number of amides is 2. The van der Waals surface area contributed by atoms with Gasteiger partial charge in [-0.2, -0.15) is 0 Å². The van der Waals surface area contributed by atoms with Gasteiger partial charge in [-0.3, -0.25) is 4.98 Å². The van der Waals surface area contributed by atoms with Crippen LogP contribution in [0.3, 0.4) is 0 Å². The summed E-state index contributed by atoms with van der Waals surface area (Å²) in [5.74, 6) is 0.252. The van der Waals surface area contributed by atoms with E-state index in [-0.39, 0.29) is 23.7 Å². The summed E-state index contributed by atoms with van der Waals surface area (Å²) >= 11 is 0. The number of benzene rings is 1. The number of urea groups is 1. The maximum Gasteiger partial charge on any atom is 0.319 e. The van der Waals surface area contributed by atoms with Crippen molar-refractivity contribution in [1.29, 1.82) is 0 Å². The van der Waals surface area contributed by atoms with E-state index in [1.54, 1.807) is 19.4 Å². The molecule has 0 unspecified atom stereocenters. The largest absolute Gasteiger partial charge is 0.379 e. The van der Waals surface area contributed by atoms with E-state index >= 15 is 0 Å². The molecule has 0 aliphatic rings. The summed E-state index contributed by atoms with van der Waals surface area (Å²) in [4.78, 5) is 21.4. The van der Waals surface area contributed by atoms with Crippen LogP contribution in [0, 0.1) is 19.7 Å². The summed E-state index contributed by atoms with van der Waals surface area (Å²) in [5.41, 5.74) is 3.93. The molecule has 2 amide bonds. The highest BCUT2D eigenvalue weighted by atomic mass is 35.5. The Hall–Kier alpha value is -2.97. The lowest BCUT2D eigenvalue weighted by Crippen LogP contribution is -2.31. The van der Waals surface area contributed by atoms with Crippen LogP contribution in [-0.4, -0.2) is 42.3 Å². The number of nitrogens with zero attached hydrogens (tertiary/aromatic N) is 2. The molecule has 2 heterocycles. The lowest BCUT2D eigenvalue weighted by molar-refractivity contribution is 0.0141. The van der Waals surface area contributed by atoms with Gasteiger partial charge in [0.05, 0.1) is 16.8 Å². The summed E-state index contributed by atoms with van der Waals surface area (Å²) in [5, 5.41) is 9.30. The van der Waals surface area contributed by atoms with Crippen LogP contribution < -0.4 is 16.0 Å². The van der Waals surface area contributed by atoms with Gasteiger partial charge >= 0.3 is 6.03 Å². The lowest BCUT2D eigenvalue weighted by Gasteiger charge is -2.22. The van der Waals surface area contributed by atoms with Crippen LogP contribution in [0.5, 0.6) is 0 Å². The Morgan fingerprint density at radius 2 is 1.88 bits per heavy atom. The second-order valence-corrected chi connectivity index (χ2v) is 8.73. The van der Waals surface area contributed by atoms with Crippen LogP contribution in [0.25, 0.3) is 22.0 Å². The first-order valence-corrected chi connectivity index (χ1v) is 11.0. The fourth-order valence-corrected chi connectivity index (χ4v) is 3.62. The topological polar surface area (TPSA) is 88.2 Å². The van der Waals surface area contributed by atoms with Crippen molar-refractivity contribution in [2.24, 2.45) is 0 Å². The Morgan fingerprint density at radius 3 is 2.56 bits per heavy atom. The number of ether oxygens (including phenoxy) is 1. The predicted molar refractivity (Wildman–Crippen MR) is 139 cm³/mol. The fraction of sp³-hybridized carbons (Fsp3) is 0.400. The van der Waals surface area contributed by atoms with E-state index in [4.69, 9.17) is 9.72 Å². The molecule has 0 spiro atoms. The number of methoxy groups -OCH3 is 1. The Bertz CT molecular complexity index is 1170. The van der Waals surface area contributed by atoms with Crippen molar-refractivity contribution in [3.63, 3.8) is 0 Å². The van der Waals surface area contributed by atoms with Crippen LogP contribution in [0.1, 0.15) is 37.9 Å². The first kappa shape index (κ1) is 27.3. The molecule has 3 aromatic rings. The first-order chi connectivity index (χ1) is 15.6. The Balaban J connectivity index is 0.00000408. The third-order valence-corrected chi connectivity index (χ3v) is 5.79. The van der Waals surface area contributed by atoms with Crippen LogP contribution >= 0.6 is 12.4 Å². The van der Waals surface area contributed by atoms with Crippen molar-refractivity contribution in [3.05, 3.63) is 47.5 Å². The van der Waals surface area contributed by atoms with Gasteiger partial charge < -0.3 is 20.7 Å². The Morgan fingerprint density at radius 1 is 1.15 bits per heavy atom. The number of hydrogen-bond acceptors (Lipinski definition) is 5. The maximum atomic E-state index is 14.6. The Labute approximate surface area is 206 Å². The maximum absolute atomic E-state index is 14.6. The van der Waals surface area contributed by atoms with Gasteiger partial charge in [0.2, 0.25) is 0 Å². The molecule has 34 heavy (non-hydrogen) atoms. The summed E-state index contributed by atoms with van der Waals surface area (Å²) < 4.78 is 20.0. The molecule has 0 saturated carbocycles. The van der Waals surface area contributed by atoms with Crippen molar-refractivity contribution >= 4 is 40.8 Å². The van der Waals surface area contributed by atoms with Crippen molar-refractivity contribution in [1.82, 2.24) is 15.3 Å². The van der Waals surface area contributed by atoms with Crippen LogP contribution in [-0.2, 0) is 4.74 Å². The predicted octanol–water partition coefficient (Wildman–Crippen LogP) is 5.84. The third-order valence-electron chi connectivity index (χ3n) is 5.79. The quantitative estimate of drug-likeness (QED) is 0.346. The number of nitrogens with one attached hydrogen (secondary N) is 3. The first-order valence-electron chi connectivity index (χ1n) is 11.0. The number of anilines is 2. The zero-order chi connectivity index (χ0) is 24.2. The molecule has 1 aromatic carbocycles. The molecule has 9 heteroatoms. The van der Waals surface area contributed by atoms with E-state index in [0.717, 1.165) is 51.9 Å². The minimum Gasteiger partial charge on any atom is -0.379 e. The van der Waals surface area contributed by atoms with Gasteiger partial charge in [-0.05, 0) is 69.9 Å². The molecule has 0 atom stereocenters. The van der Waals surface area contributed by atoms with E-state index in [9.17, 15) is 9.18 Å². The van der Waals surface area contributed by atoms with Crippen LogP contribution in [0.4, 0.5) is 20.7 Å². The molecular weight excluding hydrogens is 457 g/mol. The number of rotatable bonds is 8. The molecular formula is C25H33ClFN5O2. The number of aromatic nitrogens is 2. The zero-order valence-corrected chi connectivity index (χ0v) is 21.3. The molecule has 0 aliphatic carbocycles. The fourth-order valence-electron chi connectivity index (χ4n) is 3.62. The standard InChI is InChI=1S/C25H32FN5O2.ClH/c1-15-10-20(26)22(31-24(32)28-9-7-8-25(3,4)33-6)12-18(15)19-11-17-14-29-23(27-5)13-21(17)30-16(19)2;/h10-14H,7-9H2,1-6H3,(H,27,29)(H2,28,31,32);1H. The molecule has 0 fully saturated rings. The van der Waals surface area contributed by atoms with E-state index in [2.05, 4.69) is 20.9 Å². The highest BCUT2D eigenvalue weighted by molar-refractivity contribution is 5.92. The molecule has 3 N–H and O–H groups in total. The summed E-state index contributed by atoms with van der Waals surface area (Å²) in [6.07, 6.45) is 3.31. The van der Waals surface area contributed by atoms with Crippen LogP contribution in [0.15, 0.2) is 30.5 Å². The second-order valence-electron chi connectivity index (χ2n) is 8.73. The van der Waals surface area contributed by atoms with Crippen molar-refractivity contribution < 1.29 is 13.9 Å². The molecule has 0 bridgehead atoms. The zero-order valence-electron chi connectivity index (χ0n) is 20.5. The molecule has 3 rings (SSSR count). The minimum atomic E-state index is -0.487. The minimum absolute atomic E-state index is 0. The Kier molecular flexibility index (Phi) is 9.18. The summed E-state index contributed by atoms with van der Waals surface area (Å²) in [7, 11) is 3.48. The second kappa shape index (κ2) is 11.4. The van der Waals surface area contributed by atoms with Gasteiger partial charge in [-0.15, -0.1) is 12.4 Å². The van der Waals surface area contributed by atoms with Gasteiger partial charge in [0.1, 0.15) is 11.6 Å². The number of carbonyl (C=O) groups is 1. The highest BCUT2D eigenvalue weighted by Crippen LogP contribution is 2.32. The van der Waals surface area contributed by atoms with Gasteiger partial charge in [0, 0.05) is 49.6 Å². The van der Waals surface area contributed by atoms with E-state index < -0.39 is 11.8 Å². The SMILES string of the molecule is CNc1cc2nc(C)c(-c3cc(NC(=O)NCCCC(C)(C)OC)c(F)cc3C)cc2cn1.Cl. The molecule has 7 nitrogen and oxygen atoms in total. The smallest absolute Gasteiger partial charge is 0.319 e. The third kappa shape index (κ3) is 6.55. The normalized spacial score (nSPS) is 11.1. The highest BCUT2D eigenvalue weighted by Gasteiger charge is 2.17. The number of aryl methyl sites for hydroxylation is 2. The van der Waals surface area contributed by atoms with Crippen molar-refractivity contribution in [2.45, 2.75) is 46.1 Å². The molecule has 0 saturated heterocycles.